The molecule has 1 aromatic rings. The van der Waals surface area contributed by atoms with Crippen molar-refractivity contribution in [2.45, 2.75) is 63.1 Å². The van der Waals surface area contributed by atoms with E-state index in [1.807, 2.05) is 43.0 Å². The van der Waals surface area contributed by atoms with E-state index < -0.39 is 0 Å². The highest BCUT2D eigenvalue weighted by Crippen LogP contribution is 2.26. The number of ether oxygens (including phenoxy) is 1. The minimum atomic E-state index is 0.0210. The largest absolute Gasteiger partial charge is 0.372 e. The topological polar surface area (TPSA) is 58.6 Å². The van der Waals surface area contributed by atoms with Crippen molar-refractivity contribution in [3.05, 3.63) is 29.8 Å². The van der Waals surface area contributed by atoms with Gasteiger partial charge in [0.1, 0.15) is 0 Å². The smallest absolute Gasteiger partial charge is 0.255 e. The minimum absolute atomic E-state index is 0.0210. The number of rotatable bonds is 6. The maximum absolute atomic E-state index is 13.0. The molecule has 2 fully saturated rings. The lowest BCUT2D eigenvalue weighted by atomic mass is 9.89. The summed E-state index contributed by atoms with van der Waals surface area (Å²) in [7, 11) is 0. The summed E-state index contributed by atoms with van der Waals surface area (Å²) in [6.45, 7) is 5.97. The van der Waals surface area contributed by atoms with E-state index in [9.17, 15) is 9.59 Å². The minimum Gasteiger partial charge on any atom is -0.372 e. The Bertz CT molecular complexity index is 666. The normalized spacial score (nSPS) is 23.4. The summed E-state index contributed by atoms with van der Waals surface area (Å²) < 4.78 is 5.74. The van der Waals surface area contributed by atoms with Crippen LogP contribution in [0.15, 0.2) is 29.2 Å². The van der Waals surface area contributed by atoms with E-state index in [1.54, 1.807) is 0 Å². The molecule has 1 N–H and O–H groups in total. The molecule has 6 heteroatoms. The van der Waals surface area contributed by atoms with Crippen molar-refractivity contribution in [1.29, 1.82) is 0 Å². The molecule has 0 aromatic heterocycles. The third-order valence-corrected chi connectivity index (χ3v) is 6.57. The van der Waals surface area contributed by atoms with Crippen LogP contribution in [0.3, 0.4) is 0 Å². The zero-order chi connectivity index (χ0) is 19.9. The average Bonchev–Trinajstić information content (AvgIpc) is 2.70. The Morgan fingerprint density at radius 3 is 2.50 bits per heavy atom. The number of nitrogens with zero attached hydrogens (tertiary/aromatic N) is 1. The van der Waals surface area contributed by atoms with Crippen molar-refractivity contribution in [3.63, 3.8) is 0 Å². The molecule has 1 aliphatic heterocycles. The van der Waals surface area contributed by atoms with Crippen LogP contribution >= 0.6 is 11.8 Å². The molecule has 5 nitrogen and oxygen atoms in total. The molecule has 0 spiro atoms. The number of morpholine rings is 1. The van der Waals surface area contributed by atoms with Crippen molar-refractivity contribution in [1.82, 2.24) is 10.2 Å². The van der Waals surface area contributed by atoms with Gasteiger partial charge in [-0.15, -0.1) is 11.8 Å². The number of amides is 2. The number of thioether (sulfide) groups is 1. The van der Waals surface area contributed by atoms with Crippen molar-refractivity contribution < 1.29 is 14.3 Å². The van der Waals surface area contributed by atoms with Crippen LogP contribution in [0, 0.1) is 5.92 Å². The third kappa shape index (κ3) is 5.98. The summed E-state index contributed by atoms with van der Waals surface area (Å²) in [5.41, 5.74) is 0.675. The first-order valence-electron chi connectivity index (χ1n) is 10.5. The van der Waals surface area contributed by atoms with E-state index in [1.165, 1.54) is 43.9 Å². The Kier molecular flexibility index (Phi) is 7.80. The lowest BCUT2D eigenvalue weighted by Crippen LogP contribution is -2.48. The Morgan fingerprint density at radius 1 is 1.11 bits per heavy atom. The van der Waals surface area contributed by atoms with Gasteiger partial charge >= 0.3 is 0 Å². The fraction of sp³-hybridized carbons (Fsp3) is 0.636. The van der Waals surface area contributed by atoms with Crippen molar-refractivity contribution in [2.24, 2.45) is 5.92 Å². The first-order chi connectivity index (χ1) is 13.5. The molecule has 2 unspecified atom stereocenters. The quantitative estimate of drug-likeness (QED) is 0.734. The highest BCUT2D eigenvalue weighted by Gasteiger charge is 2.27. The van der Waals surface area contributed by atoms with Gasteiger partial charge in [0.25, 0.3) is 5.91 Å². The second-order valence-corrected chi connectivity index (χ2v) is 9.08. The molecule has 1 aromatic carbocycles. The predicted molar refractivity (Wildman–Crippen MR) is 113 cm³/mol. The van der Waals surface area contributed by atoms with Gasteiger partial charge in [-0.1, -0.05) is 31.4 Å². The molecule has 3 rings (SSSR count). The Balaban J connectivity index is 1.54. The van der Waals surface area contributed by atoms with Crippen LogP contribution in [-0.2, 0) is 9.53 Å². The fourth-order valence-corrected chi connectivity index (χ4v) is 5.00. The van der Waals surface area contributed by atoms with Crippen LogP contribution < -0.4 is 5.32 Å². The molecule has 1 saturated heterocycles. The molecule has 2 amide bonds. The van der Waals surface area contributed by atoms with Crippen LogP contribution in [0.5, 0.6) is 0 Å². The third-order valence-electron chi connectivity index (χ3n) is 5.50. The summed E-state index contributed by atoms with van der Waals surface area (Å²) in [4.78, 5) is 28.1. The van der Waals surface area contributed by atoms with Crippen LogP contribution in [0.4, 0.5) is 0 Å². The molecule has 154 valence electrons. The summed E-state index contributed by atoms with van der Waals surface area (Å²) in [5.74, 6) is 1.04. The van der Waals surface area contributed by atoms with E-state index >= 15 is 0 Å². The number of nitrogens with one attached hydrogen (secondary N) is 1. The average molecular weight is 405 g/mol. The molecule has 0 radical (unpaired) electrons. The van der Waals surface area contributed by atoms with E-state index in [0.717, 1.165) is 11.4 Å². The van der Waals surface area contributed by atoms with Crippen molar-refractivity contribution in [2.75, 3.05) is 25.4 Å². The number of hydrogen-bond acceptors (Lipinski definition) is 4. The van der Waals surface area contributed by atoms with E-state index in [-0.39, 0.29) is 24.0 Å². The second kappa shape index (κ2) is 10.3. The van der Waals surface area contributed by atoms with Gasteiger partial charge in [-0.2, -0.15) is 0 Å². The molecule has 1 saturated carbocycles. The number of benzene rings is 1. The first kappa shape index (κ1) is 21.2. The standard InChI is InChI=1S/C22H32N2O3S/c1-16-13-24(14-17(2)27-16)22(26)19-10-6-7-11-20(19)28-15-21(25)23-12-18-8-4-3-5-9-18/h6-7,10-11,16-18H,3-5,8-9,12-15H2,1-2H3,(H,23,25). The maximum atomic E-state index is 13.0. The zero-order valence-corrected chi connectivity index (χ0v) is 17.8. The lowest BCUT2D eigenvalue weighted by Gasteiger charge is -2.35. The molecule has 2 aliphatic rings. The number of carbonyl (C=O) groups excluding carboxylic acids is 2. The molecule has 1 aliphatic carbocycles. The van der Waals surface area contributed by atoms with Crippen LogP contribution in [-0.4, -0.2) is 54.3 Å². The summed E-state index contributed by atoms with van der Waals surface area (Å²) in [5, 5.41) is 3.07. The van der Waals surface area contributed by atoms with Gasteiger partial charge < -0.3 is 15.0 Å². The SMILES string of the molecule is CC1CN(C(=O)c2ccccc2SCC(=O)NCC2CCCCC2)CC(C)O1. The Labute approximate surface area is 172 Å². The summed E-state index contributed by atoms with van der Waals surface area (Å²) >= 11 is 1.44. The Morgan fingerprint density at radius 2 is 1.79 bits per heavy atom. The first-order valence-corrected chi connectivity index (χ1v) is 11.4. The highest BCUT2D eigenvalue weighted by molar-refractivity contribution is 8.00. The summed E-state index contributed by atoms with van der Waals surface area (Å²) in [6, 6.07) is 7.59. The maximum Gasteiger partial charge on any atom is 0.255 e. The fourth-order valence-electron chi connectivity index (χ4n) is 4.13. The molecule has 28 heavy (non-hydrogen) atoms. The van der Waals surface area contributed by atoms with Crippen LogP contribution in [0.2, 0.25) is 0 Å². The van der Waals surface area contributed by atoms with Gasteiger partial charge in [-0.25, -0.2) is 0 Å². The molecule has 2 atom stereocenters. The van der Waals surface area contributed by atoms with Crippen LogP contribution in [0.1, 0.15) is 56.3 Å². The van der Waals surface area contributed by atoms with Gasteiger partial charge in [0.2, 0.25) is 5.91 Å². The van der Waals surface area contributed by atoms with E-state index in [2.05, 4.69) is 5.32 Å². The molecular weight excluding hydrogens is 372 g/mol. The number of hydrogen-bond donors (Lipinski definition) is 1. The predicted octanol–water partition coefficient (Wildman–Crippen LogP) is 3.72. The highest BCUT2D eigenvalue weighted by atomic mass is 32.2. The zero-order valence-electron chi connectivity index (χ0n) is 17.0. The number of carbonyl (C=O) groups is 2. The lowest BCUT2D eigenvalue weighted by molar-refractivity contribution is -0.118. The van der Waals surface area contributed by atoms with Crippen LogP contribution in [0.25, 0.3) is 0 Å². The Hall–Kier alpha value is -1.53. The monoisotopic (exact) mass is 404 g/mol. The van der Waals surface area contributed by atoms with Gasteiger partial charge in [-0.3, -0.25) is 9.59 Å². The van der Waals surface area contributed by atoms with Crippen molar-refractivity contribution in [3.8, 4) is 0 Å². The molecule has 1 heterocycles. The van der Waals surface area contributed by atoms with Gasteiger partial charge in [0, 0.05) is 24.5 Å². The second-order valence-electron chi connectivity index (χ2n) is 8.06. The molecular formula is C22H32N2O3S. The summed E-state index contributed by atoms with van der Waals surface area (Å²) in [6.07, 6.45) is 6.41. The van der Waals surface area contributed by atoms with Gasteiger partial charge in [0.05, 0.1) is 23.5 Å². The molecule has 0 bridgehead atoms. The van der Waals surface area contributed by atoms with Crippen molar-refractivity contribution >= 4 is 23.6 Å². The van der Waals surface area contributed by atoms with E-state index in [4.69, 9.17) is 4.74 Å². The van der Waals surface area contributed by atoms with E-state index in [0.29, 0.717) is 30.3 Å². The van der Waals surface area contributed by atoms with Gasteiger partial charge in [-0.05, 0) is 44.7 Å². The van der Waals surface area contributed by atoms with Gasteiger partial charge in [0.15, 0.2) is 0 Å².